The van der Waals surface area contributed by atoms with Crippen molar-refractivity contribution in [2.24, 2.45) is 32.6 Å². The van der Waals surface area contributed by atoms with Crippen molar-refractivity contribution in [3.05, 3.63) is 0 Å². The third kappa shape index (κ3) is 2.74. The minimum Gasteiger partial charge on any atom is -0.368 e. The molecule has 2 rings (SSSR count). The number of hydrogen-bond acceptors (Lipinski definition) is 6. The quantitative estimate of drug-likeness (QED) is 0.785. The largest absolute Gasteiger partial charge is 0.368 e. The summed E-state index contributed by atoms with van der Waals surface area (Å²) in [6, 6.07) is 3.80. The zero-order valence-electron chi connectivity index (χ0n) is 13.8. The van der Waals surface area contributed by atoms with Crippen LogP contribution in [0.2, 0.25) is 0 Å². The minimum atomic E-state index is -1.85. The molecule has 0 spiro atoms. The van der Waals surface area contributed by atoms with Crippen molar-refractivity contribution in [1.82, 2.24) is 0 Å². The van der Waals surface area contributed by atoms with Gasteiger partial charge in [0.2, 0.25) is 12.1 Å². The monoisotopic (exact) mass is 349 g/mol. The maximum Gasteiger partial charge on any atom is 0.240 e. The van der Waals surface area contributed by atoms with E-state index in [4.69, 9.17) is 22.2 Å². The van der Waals surface area contributed by atoms with Crippen LogP contribution in [0.3, 0.4) is 0 Å². The highest BCUT2D eigenvalue weighted by atomic mass is 35.5. The minimum absolute atomic E-state index is 0.161. The molecular formula is C16H20ClN5O2. The summed E-state index contributed by atoms with van der Waals surface area (Å²) in [5, 5.41) is 23.1. The van der Waals surface area contributed by atoms with Crippen LogP contribution in [0.5, 0.6) is 0 Å². The predicted molar refractivity (Wildman–Crippen MR) is 88.8 cm³/mol. The summed E-state index contributed by atoms with van der Waals surface area (Å²) in [6.45, 7) is 3.23. The molecule has 24 heavy (non-hydrogen) atoms. The molecule has 1 aliphatic heterocycles. The van der Waals surface area contributed by atoms with E-state index in [1.165, 1.54) is 6.42 Å². The maximum absolute atomic E-state index is 12.1. The van der Waals surface area contributed by atoms with Gasteiger partial charge < -0.3 is 10.6 Å². The lowest BCUT2D eigenvalue weighted by Crippen LogP contribution is -2.60. The topological polar surface area (TPSA) is 125 Å². The Labute approximate surface area is 146 Å². The van der Waals surface area contributed by atoms with Gasteiger partial charge in [0, 0.05) is 0 Å². The fourth-order valence-corrected chi connectivity index (χ4v) is 3.60. The molecule has 3 atom stereocenters. The second kappa shape index (κ2) is 6.78. The van der Waals surface area contributed by atoms with Crippen LogP contribution < -0.4 is 5.73 Å². The second-order valence-corrected chi connectivity index (χ2v) is 7.08. The van der Waals surface area contributed by atoms with E-state index in [1.54, 1.807) is 13.8 Å². The first-order valence-electron chi connectivity index (χ1n) is 7.86. The van der Waals surface area contributed by atoms with E-state index in [0.29, 0.717) is 0 Å². The van der Waals surface area contributed by atoms with E-state index in [0.717, 1.165) is 31.4 Å². The summed E-state index contributed by atoms with van der Waals surface area (Å²) >= 11 is 6.07. The van der Waals surface area contributed by atoms with Gasteiger partial charge in [-0.05, 0) is 25.7 Å². The Morgan fingerprint density at radius 3 is 2.50 bits per heavy atom. The van der Waals surface area contributed by atoms with Crippen molar-refractivity contribution >= 4 is 28.4 Å². The SMILES string of the molecule is CC1(C)[C@@H](ON=C2CCCCC2)N=C(Cl)C(C#N)[C@]1(C#N)C(N)=O. The van der Waals surface area contributed by atoms with Crippen LogP contribution in [0.1, 0.15) is 46.0 Å². The Balaban J connectivity index is 2.43. The number of aliphatic imine (C=N–C) groups is 1. The van der Waals surface area contributed by atoms with Crippen LogP contribution in [-0.2, 0) is 9.63 Å². The average molecular weight is 350 g/mol. The second-order valence-electron chi connectivity index (χ2n) is 6.70. The molecule has 1 amide bonds. The molecule has 0 aromatic rings. The summed E-state index contributed by atoms with van der Waals surface area (Å²) in [7, 11) is 0. The van der Waals surface area contributed by atoms with Crippen LogP contribution in [0.25, 0.3) is 0 Å². The number of primary amides is 1. The number of hydrogen-bond donors (Lipinski definition) is 1. The summed E-state index contributed by atoms with van der Waals surface area (Å²) in [5.41, 5.74) is 3.40. The molecular weight excluding hydrogens is 330 g/mol. The zero-order valence-corrected chi connectivity index (χ0v) is 14.5. The number of oxime groups is 1. The van der Waals surface area contributed by atoms with Gasteiger partial charge in [0.1, 0.15) is 11.1 Å². The first kappa shape index (κ1) is 18.2. The fraction of sp³-hybridized carbons (Fsp3) is 0.688. The number of amides is 1. The molecule has 1 unspecified atom stereocenters. The number of halogens is 1. The van der Waals surface area contributed by atoms with Gasteiger partial charge >= 0.3 is 0 Å². The van der Waals surface area contributed by atoms with Crippen molar-refractivity contribution in [2.45, 2.75) is 52.2 Å². The molecule has 0 aromatic heterocycles. The van der Waals surface area contributed by atoms with Gasteiger partial charge in [-0.3, -0.25) is 4.79 Å². The number of carbonyl (C=O) groups is 1. The number of carbonyl (C=O) groups excluding carboxylic acids is 1. The van der Waals surface area contributed by atoms with Crippen molar-refractivity contribution in [2.75, 3.05) is 0 Å². The lowest BCUT2D eigenvalue weighted by Gasteiger charge is -2.46. The van der Waals surface area contributed by atoms with Crippen LogP contribution in [0.15, 0.2) is 10.1 Å². The van der Waals surface area contributed by atoms with E-state index in [1.807, 2.05) is 12.1 Å². The summed E-state index contributed by atoms with van der Waals surface area (Å²) in [5.74, 6) is -2.16. The molecule has 2 N–H and O–H groups in total. The molecule has 2 aliphatic rings. The van der Waals surface area contributed by atoms with E-state index < -0.39 is 28.9 Å². The van der Waals surface area contributed by atoms with Crippen LogP contribution in [0.4, 0.5) is 0 Å². The van der Waals surface area contributed by atoms with Gasteiger partial charge in [0.05, 0.1) is 23.3 Å². The molecule has 128 valence electrons. The zero-order chi connectivity index (χ0) is 18.0. The smallest absolute Gasteiger partial charge is 0.240 e. The third-order valence-corrected chi connectivity index (χ3v) is 5.27. The molecule has 8 heteroatoms. The molecule has 1 fully saturated rings. The predicted octanol–water partition coefficient (Wildman–Crippen LogP) is 2.46. The van der Waals surface area contributed by atoms with Crippen LogP contribution in [-0.4, -0.2) is 23.0 Å². The molecule has 1 aliphatic carbocycles. The molecule has 7 nitrogen and oxygen atoms in total. The lowest BCUT2D eigenvalue weighted by molar-refractivity contribution is -0.142. The standard InChI is InChI=1S/C16H20ClN5O2/c1-15(2)14(24-22-10-6-4-3-5-7-10)21-12(17)11(8-18)16(15,9-19)13(20)23/h11,14H,3-7H2,1-2H3,(H2,20,23)/t11?,14-,16-/m1/s1. The Morgan fingerprint density at radius 1 is 1.38 bits per heavy atom. The van der Waals surface area contributed by atoms with E-state index in [9.17, 15) is 15.3 Å². The average Bonchev–Trinajstić information content (AvgIpc) is 2.55. The molecule has 0 radical (unpaired) electrons. The third-order valence-electron chi connectivity index (χ3n) is 4.95. The highest BCUT2D eigenvalue weighted by Gasteiger charge is 2.64. The van der Waals surface area contributed by atoms with E-state index >= 15 is 0 Å². The number of rotatable bonds is 3. The number of nitriles is 2. The van der Waals surface area contributed by atoms with E-state index in [2.05, 4.69) is 10.1 Å². The molecule has 1 saturated carbocycles. The van der Waals surface area contributed by atoms with Crippen molar-refractivity contribution in [3.63, 3.8) is 0 Å². The maximum atomic E-state index is 12.1. The van der Waals surface area contributed by atoms with Gasteiger partial charge in [-0.15, -0.1) is 0 Å². The summed E-state index contributed by atoms with van der Waals surface area (Å²) in [6.07, 6.45) is 4.01. The molecule has 0 bridgehead atoms. The molecule has 1 heterocycles. The first-order valence-corrected chi connectivity index (χ1v) is 8.24. The summed E-state index contributed by atoms with van der Waals surface area (Å²) in [4.78, 5) is 21.9. The Morgan fingerprint density at radius 2 is 2.00 bits per heavy atom. The first-order chi connectivity index (χ1) is 11.3. The van der Waals surface area contributed by atoms with Gasteiger partial charge in [-0.25, -0.2) is 4.99 Å². The van der Waals surface area contributed by atoms with Crippen LogP contribution >= 0.6 is 11.6 Å². The highest BCUT2D eigenvalue weighted by molar-refractivity contribution is 6.66. The Bertz CT molecular complexity index is 665. The van der Waals surface area contributed by atoms with Gasteiger partial charge in [-0.1, -0.05) is 37.0 Å². The molecule has 0 aromatic carbocycles. The Hall–Kier alpha value is -2.12. The number of nitrogens with zero attached hydrogens (tertiary/aromatic N) is 4. The summed E-state index contributed by atoms with van der Waals surface area (Å²) < 4.78 is 0. The van der Waals surface area contributed by atoms with Crippen molar-refractivity contribution in [3.8, 4) is 12.1 Å². The van der Waals surface area contributed by atoms with E-state index in [-0.39, 0.29) is 5.17 Å². The lowest BCUT2D eigenvalue weighted by atomic mass is 9.57. The van der Waals surface area contributed by atoms with Gasteiger partial charge in [-0.2, -0.15) is 10.5 Å². The normalized spacial score (nSPS) is 32.0. The van der Waals surface area contributed by atoms with Gasteiger partial charge in [0.15, 0.2) is 5.41 Å². The van der Waals surface area contributed by atoms with Gasteiger partial charge in [0.25, 0.3) is 0 Å². The van der Waals surface area contributed by atoms with Crippen LogP contribution in [0, 0.1) is 39.4 Å². The fourth-order valence-electron chi connectivity index (χ4n) is 3.30. The highest BCUT2D eigenvalue weighted by Crippen LogP contribution is 2.52. The Kier molecular flexibility index (Phi) is 5.15. The van der Waals surface area contributed by atoms with Crippen molar-refractivity contribution < 1.29 is 9.63 Å². The van der Waals surface area contributed by atoms with Crippen molar-refractivity contribution in [1.29, 1.82) is 10.5 Å². The number of nitrogens with two attached hydrogens (primary N) is 1. The molecule has 0 saturated heterocycles.